The second-order valence-electron chi connectivity index (χ2n) is 6.17. The van der Waals surface area contributed by atoms with Gasteiger partial charge in [0.2, 0.25) is 5.91 Å². The van der Waals surface area contributed by atoms with Crippen molar-refractivity contribution in [1.82, 2.24) is 10.2 Å². The molecule has 21 heavy (non-hydrogen) atoms. The zero-order valence-corrected chi connectivity index (χ0v) is 11.8. The fourth-order valence-corrected chi connectivity index (χ4v) is 3.08. The van der Waals surface area contributed by atoms with Crippen molar-refractivity contribution < 1.29 is 27.9 Å². The van der Waals surface area contributed by atoms with Gasteiger partial charge in [0.05, 0.1) is 0 Å². The zero-order chi connectivity index (χ0) is 15.9. The van der Waals surface area contributed by atoms with Crippen molar-refractivity contribution in [1.29, 1.82) is 0 Å². The number of hydrogen-bond donors (Lipinski definition) is 2. The summed E-state index contributed by atoms with van der Waals surface area (Å²) in [5, 5.41) is 12.1. The molecule has 0 saturated carbocycles. The molecule has 2 rings (SSSR count). The number of aliphatic carboxylic acids is 1. The first-order valence-electron chi connectivity index (χ1n) is 6.93. The summed E-state index contributed by atoms with van der Waals surface area (Å²) in [5.41, 5.74) is -3.53. The van der Waals surface area contributed by atoms with E-state index in [1.54, 1.807) is 6.92 Å². The van der Waals surface area contributed by atoms with Crippen LogP contribution in [-0.2, 0) is 9.59 Å². The van der Waals surface area contributed by atoms with Crippen molar-refractivity contribution in [3.8, 4) is 0 Å². The summed E-state index contributed by atoms with van der Waals surface area (Å²) in [6, 6.07) is 0. The van der Waals surface area contributed by atoms with E-state index in [0.29, 0.717) is 25.9 Å². The van der Waals surface area contributed by atoms with Crippen LogP contribution >= 0.6 is 0 Å². The molecule has 2 fully saturated rings. The van der Waals surface area contributed by atoms with E-state index in [2.05, 4.69) is 5.32 Å². The first kappa shape index (κ1) is 16.1. The van der Waals surface area contributed by atoms with Crippen LogP contribution < -0.4 is 5.32 Å². The fourth-order valence-electron chi connectivity index (χ4n) is 3.08. The molecule has 1 unspecified atom stereocenters. The van der Waals surface area contributed by atoms with Gasteiger partial charge in [0.15, 0.2) is 5.41 Å². The first-order chi connectivity index (χ1) is 9.62. The quantitative estimate of drug-likeness (QED) is 0.805. The monoisotopic (exact) mass is 308 g/mol. The predicted molar refractivity (Wildman–Crippen MR) is 67.5 cm³/mol. The highest BCUT2D eigenvalue weighted by molar-refractivity contribution is 5.85. The molecule has 2 aliphatic heterocycles. The molecule has 2 N–H and O–H groups in total. The van der Waals surface area contributed by atoms with Gasteiger partial charge >= 0.3 is 12.1 Å². The lowest BCUT2D eigenvalue weighted by atomic mass is 9.79. The third-order valence-electron chi connectivity index (χ3n) is 4.73. The molecule has 5 nitrogen and oxygen atoms in total. The summed E-state index contributed by atoms with van der Waals surface area (Å²) in [4.78, 5) is 24.7. The molecule has 0 radical (unpaired) electrons. The van der Waals surface area contributed by atoms with E-state index in [0.717, 1.165) is 4.90 Å². The van der Waals surface area contributed by atoms with Gasteiger partial charge in [-0.15, -0.1) is 0 Å². The minimum absolute atomic E-state index is 0.159. The summed E-state index contributed by atoms with van der Waals surface area (Å²) < 4.78 is 39.3. The van der Waals surface area contributed by atoms with Gasteiger partial charge in [0.25, 0.3) is 0 Å². The van der Waals surface area contributed by atoms with Gasteiger partial charge in [-0.25, -0.2) is 0 Å². The largest absolute Gasteiger partial charge is 0.481 e. The lowest BCUT2D eigenvalue weighted by Crippen LogP contribution is -2.51. The molecule has 1 atom stereocenters. The van der Waals surface area contributed by atoms with Gasteiger partial charge in [-0.05, 0) is 32.4 Å². The third-order valence-corrected chi connectivity index (χ3v) is 4.73. The SMILES string of the molecule is CC1(C(=O)N2CCC(C(=O)O)(C(F)(F)F)C2)CCNCC1. The third kappa shape index (κ3) is 2.61. The Morgan fingerprint density at radius 3 is 2.19 bits per heavy atom. The predicted octanol–water partition coefficient (Wildman–Crippen LogP) is 1.24. The number of rotatable bonds is 2. The Morgan fingerprint density at radius 1 is 1.19 bits per heavy atom. The molecule has 0 aliphatic carbocycles. The average Bonchev–Trinajstić information content (AvgIpc) is 2.84. The van der Waals surface area contributed by atoms with Gasteiger partial charge in [-0.1, -0.05) is 6.92 Å². The maximum absolute atomic E-state index is 13.1. The molecular weight excluding hydrogens is 289 g/mol. The Hall–Kier alpha value is -1.31. The summed E-state index contributed by atoms with van der Waals surface area (Å²) in [6.07, 6.45) is -4.34. The Balaban J connectivity index is 2.17. The van der Waals surface area contributed by atoms with Crippen LogP contribution in [0.4, 0.5) is 13.2 Å². The second kappa shape index (κ2) is 5.15. The van der Waals surface area contributed by atoms with Crippen molar-refractivity contribution in [2.45, 2.75) is 32.4 Å². The first-order valence-corrected chi connectivity index (χ1v) is 6.93. The van der Waals surface area contributed by atoms with Crippen LogP contribution in [0.15, 0.2) is 0 Å². The van der Waals surface area contributed by atoms with Gasteiger partial charge in [0, 0.05) is 18.5 Å². The Kier molecular flexibility index (Phi) is 3.94. The van der Waals surface area contributed by atoms with Crippen molar-refractivity contribution in [2.24, 2.45) is 10.8 Å². The van der Waals surface area contributed by atoms with E-state index in [-0.39, 0.29) is 12.5 Å². The molecule has 2 aliphatic rings. The molecule has 2 heterocycles. The molecule has 1 amide bonds. The van der Waals surface area contributed by atoms with Gasteiger partial charge in [0.1, 0.15) is 0 Å². The average molecular weight is 308 g/mol. The number of carbonyl (C=O) groups is 2. The molecule has 8 heteroatoms. The number of hydrogen-bond acceptors (Lipinski definition) is 3. The summed E-state index contributed by atoms with van der Waals surface area (Å²) in [7, 11) is 0. The topological polar surface area (TPSA) is 69.6 Å². The van der Waals surface area contributed by atoms with E-state index in [4.69, 9.17) is 5.11 Å². The fraction of sp³-hybridized carbons (Fsp3) is 0.846. The number of carboxylic acid groups (broad SMARTS) is 1. The molecule has 0 aromatic carbocycles. The number of nitrogens with one attached hydrogen (secondary N) is 1. The number of nitrogens with zero attached hydrogens (tertiary/aromatic N) is 1. The molecule has 0 aromatic heterocycles. The van der Waals surface area contributed by atoms with Crippen LogP contribution in [0.25, 0.3) is 0 Å². The highest BCUT2D eigenvalue weighted by atomic mass is 19.4. The van der Waals surface area contributed by atoms with Crippen LogP contribution in [0.5, 0.6) is 0 Å². The van der Waals surface area contributed by atoms with E-state index in [9.17, 15) is 22.8 Å². The molecule has 120 valence electrons. The second-order valence-corrected chi connectivity index (χ2v) is 6.17. The van der Waals surface area contributed by atoms with Crippen LogP contribution in [0.2, 0.25) is 0 Å². The maximum atomic E-state index is 13.1. The van der Waals surface area contributed by atoms with Crippen molar-refractivity contribution in [2.75, 3.05) is 26.2 Å². The highest BCUT2D eigenvalue weighted by Crippen LogP contribution is 2.47. The molecule has 0 bridgehead atoms. The Morgan fingerprint density at radius 2 is 1.76 bits per heavy atom. The van der Waals surface area contributed by atoms with Gasteiger partial charge < -0.3 is 15.3 Å². The number of likely N-dealkylation sites (tertiary alicyclic amines) is 1. The van der Waals surface area contributed by atoms with Crippen molar-refractivity contribution in [3.63, 3.8) is 0 Å². The van der Waals surface area contributed by atoms with E-state index < -0.39 is 35.9 Å². The summed E-state index contributed by atoms with van der Waals surface area (Å²) in [6.45, 7) is 2.07. The minimum Gasteiger partial charge on any atom is -0.481 e. The lowest BCUT2D eigenvalue weighted by molar-refractivity contribution is -0.227. The molecular formula is C13H19F3N2O3. The normalized spacial score (nSPS) is 29.4. The smallest absolute Gasteiger partial charge is 0.406 e. The standard InChI is InChI=1S/C13H19F3N2O3/c1-11(2-5-17-6-3-11)9(19)18-7-4-12(8-18,10(20)21)13(14,15)16/h17H,2-8H2,1H3,(H,20,21). The van der Waals surface area contributed by atoms with Gasteiger partial charge in [-0.2, -0.15) is 13.2 Å². The number of carboxylic acids is 1. The Bertz CT molecular complexity index is 446. The number of piperidine rings is 1. The summed E-state index contributed by atoms with van der Waals surface area (Å²) >= 11 is 0. The Labute approximate surface area is 120 Å². The number of amides is 1. The van der Waals surface area contributed by atoms with Crippen molar-refractivity contribution >= 4 is 11.9 Å². The highest BCUT2D eigenvalue weighted by Gasteiger charge is 2.64. The number of carbonyl (C=O) groups excluding carboxylic acids is 1. The number of halogens is 3. The van der Waals surface area contributed by atoms with E-state index in [1.807, 2.05) is 0 Å². The zero-order valence-electron chi connectivity index (χ0n) is 11.8. The molecule has 0 aromatic rings. The van der Waals surface area contributed by atoms with Gasteiger partial charge in [-0.3, -0.25) is 9.59 Å². The van der Waals surface area contributed by atoms with Crippen LogP contribution in [0.3, 0.4) is 0 Å². The number of alkyl halides is 3. The van der Waals surface area contributed by atoms with Crippen LogP contribution in [0.1, 0.15) is 26.2 Å². The van der Waals surface area contributed by atoms with E-state index >= 15 is 0 Å². The van der Waals surface area contributed by atoms with E-state index in [1.165, 1.54) is 0 Å². The van der Waals surface area contributed by atoms with Crippen molar-refractivity contribution in [3.05, 3.63) is 0 Å². The molecule has 2 saturated heterocycles. The van der Waals surface area contributed by atoms with Crippen LogP contribution in [-0.4, -0.2) is 54.2 Å². The lowest BCUT2D eigenvalue weighted by Gasteiger charge is -2.36. The van der Waals surface area contributed by atoms with Crippen LogP contribution in [0, 0.1) is 10.8 Å². The minimum atomic E-state index is -4.86. The summed E-state index contributed by atoms with van der Waals surface area (Å²) in [5.74, 6) is -2.27. The maximum Gasteiger partial charge on any atom is 0.406 e. The molecule has 0 spiro atoms.